The zero-order valence-corrected chi connectivity index (χ0v) is 16.7. The molecular formula is C23H20FN3S. The van der Waals surface area contributed by atoms with Crippen molar-refractivity contribution in [2.24, 2.45) is 0 Å². The SMILES string of the molecule is Cc1nc(N2CCCc3ccccc32)c2c(-c3ccc(F)cc3)c(C)sc2n1. The molecule has 3 heterocycles. The van der Waals surface area contributed by atoms with E-state index in [2.05, 4.69) is 36.1 Å². The monoisotopic (exact) mass is 389 g/mol. The highest BCUT2D eigenvalue weighted by Gasteiger charge is 2.25. The molecule has 0 saturated carbocycles. The summed E-state index contributed by atoms with van der Waals surface area (Å²) in [5.41, 5.74) is 4.69. The number of aromatic nitrogens is 2. The quantitative estimate of drug-likeness (QED) is 0.409. The molecule has 2 aromatic heterocycles. The lowest BCUT2D eigenvalue weighted by Gasteiger charge is -2.31. The smallest absolute Gasteiger partial charge is 0.146 e. The second-order valence-electron chi connectivity index (χ2n) is 7.20. The predicted molar refractivity (Wildman–Crippen MR) is 114 cm³/mol. The van der Waals surface area contributed by atoms with E-state index >= 15 is 0 Å². The molecule has 0 saturated heterocycles. The molecule has 3 nitrogen and oxygen atoms in total. The fourth-order valence-electron chi connectivity index (χ4n) is 4.11. The minimum Gasteiger partial charge on any atom is -0.325 e. The third-order valence-corrected chi connectivity index (χ3v) is 6.32. The van der Waals surface area contributed by atoms with Crippen LogP contribution < -0.4 is 4.90 Å². The molecule has 0 amide bonds. The molecule has 4 aromatic rings. The van der Waals surface area contributed by atoms with Crippen LogP contribution in [-0.4, -0.2) is 16.5 Å². The molecule has 0 fully saturated rings. The van der Waals surface area contributed by atoms with Gasteiger partial charge >= 0.3 is 0 Å². The second-order valence-corrected chi connectivity index (χ2v) is 8.40. The van der Waals surface area contributed by atoms with Gasteiger partial charge in [0.15, 0.2) is 0 Å². The van der Waals surface area contributed by atoms with Gasteiger partial charge in [0.25, 0.3) is 0 Å². The Bertz CT molecular complexity index is 1180. The van der Waals surface area contributed by atoms with Gasteiger partial charge in [0.2, 0.25) is 0 Å². The summed E-state index contributed by atoms with van der Waals surface area (Å²) in [5, 5.41) is 1.07. The Morgan fingerprint density at radius 1 is 1.00 bits per heavy atom. The van der Waals surface area contributed by atoms with Crippen molar-refractivity contribution in [1.82, 2.24) is 9.97 Å². The largest absolute Gasteiger partial charge is 0.325 e. The fraction of sp³-hybridized carbons (Fsp3) is 0.217. The number of halogens is 1. The summed E-state index contributed by atoms with van der Waals surface area (Å²) < 4.78 is 13.5. The van der Waals surface area contributed by atoms with E-state index in [1.165, 1.54) is 28.3 Å². The number of hydrogen-bond donors (Lipinski definition) is 0. The van der Waals surface area contributed by atoms with E-state index in [-0.39, 0.29) is 5.82 Å². The van der Waals surface area contributed by atoms with Crippen molar-refractivity contribution in [2.45, 2.75) is 26.7 Å². The van der Waals surface area contributed by atoms with E-state index in [4.69, 9.17) is 9.97 Å². The van der Waals surface area contributed by atoms with Crippen molar-refractivity contribution in [2.75, 3.05) is 11.4 Å². The summed E-state index contributed by atoms with van der Waals surface area (Å²) in [7, 11) is 0. The summed E-state index contributed by atoms with van der Waals surface area (Å²) in [6.45, 7) is 4.99. The average Bonchev–Trinajstić information content (AvgIpc) is 3.03. The molecule has 0 atom stereocenters. The zero-order chi connectivity index (χ0) is 19.3. The Labute approximate surface area is 167 Å². The summed E-state index contributed by atoms with van der Waals surface area (Å²) in [6, 6.07) is 15.3. The highest BCUT2D eigenvalue weighted by Crippen LogP contribution is 2.44. The third kappa shape index (κ3) is 2.78. The molecule has 2 aromatic carbocycles. The minimum absolute atomic E-state index is 0.224. The topological polar surface area (TPSA) is 29.0 Å². The molecule has 5 rings (SSSR count). The van der Waals surface area contributed by atoms with Gasteiger partial charge in [-0.05, 0) is 56.0 Å². The van der Waals surface area contributed by atoms with Crippen LogP contribution in [0.2, 0.25) is 0 Å². The molecule has 28 heavy (non-hydrogen) atoms. The Balaban J connectivity index is 1.79. The lowest BCUT2D eigenvalue weighted by atomic mass is 10.00. The van der Waals surface area contributed by atoms with Gasteiger partial charge in [-0.3, -0.25) is 0 Å². The normalized spacial score (nSPS) is 13.8. The predicted octanol–water partition coefficient (Wildman–Crippen LogP) is 6.20. The number of aryl methyl sites for hydroxylation is 3. The number of anilines is 2. The molecule has 0 spiro atoms. The average molecular weight is 389 g/mol. The first-order chi connectivity index (χ1) is 13.6. The van der Waals surface area contributed by atoms with E-state index in [0.717, 1.165) is 52.4 Å². The van der Waals surface area contributed by atoms with Gasteiger partial charge in [0.1, 0.15) is 22.3 Å². The molecule has 140 valence electrons. The molecular weight excluding hydrogens is 369 g/mol. The van der Waals surface area contributed by atoms with Gasteiger partial charge in [-0.1, -0.05) is 30.3 Å². The molecule has 0 bridgehead atoms. The summed E-state index contributed by atoms with van der Waals surface area (Å²) >= 11 is 1.68. The number of rotatable bonds is 2. The Morgan fingerprint density at radius 2 is 1.79 bits per heavy atom. The highest BCUT2D eigenvalue weighted by atomic mass is 32.1. The molecule has 1 aliphatic rings. The third-order valence-electron chi connectivity index (χ3n) is 5.32. The molecule has 0 aliphatic carbocycles. The van der Waals surface area contributed by atoms with Gasteiger partial charge in [-0.15, -0.1) is 11.3 Å². The molecule has 1 aliphatic heterocycles. The van der Waals surface area contributed by atoms with Crippen LogP contribution in [0.3, 0.4) is 0 Å². The van der Waals surface area contributed by atoms with Gasteiger partial charge in [0.05, 0.1) is 5.39 Å². The second kappa shape index (κ2) is 6.67. The number of fused-ring (bicyclic) bond motifs is 2. The molecule has 0 radical (unpaired) electrons. The van der Waals surface area contributed by atoms with Crippen molar-refractivity contribution in [3.8, 4) is 11.1 Å². The van der Waals surface area contributed by atoms with Crippen LogP contribution in [0.1, 0.15) is 22.7 Å². The van der Waals surface area contributed by atoms with E-state index < -0.39 is 0 Å². The zero-order valence-electron chi connectivity index (χ0n) is 15.9. The van der Waals surface area contributed by atoms with Gasteiger partial charge < -0.3 is 4.90 Å². The van der Waals surface area contributed by atoms with Crippen LogP contribution in [0.25, 0.3) is 21.3 Å². The highest BCUT2D eigenvalue weighted by molar-refractivity contribution is 7.19. The fourth-order valence-corrected chi connectivity index (χ4v) is 5.20. The van der Waals surface area contributed by atoms with Gasteiger partial charge in [0, 0.05) is 22.7 Å². The molecule has 0 N–H and O–H groups in total. The maximum Gasteiger partial charge on any atom is 0.146 e. The van der Waals surface area contributed by atoms with E-state index in [9.17, 15) is 4.39 Å². The van der Waals surface area contributed by atoms with Crippen LogP contribution >= 0.6 is 11.3 Å². The number of nitrogens with zero attached hydrogens (tertiary/aromatic N) is 3. The number of thiophene rings is 1. The first-order valence-corrected chi connectivity index (χ1v) is 10.3. The van der Waals surface area contributed by atoms with Crippen LogP contribution in [0.4, 0.5) is 15.9 Å². The summed E-state index contributed by atoms with van der Waals surface area (Å²) in [6.07, 6.45) is 2.18. The van der Waals surface area contributed by atoms with Crippen molar-refractivity contribution >= 4 is 33.1 Å². The Kier molecular flexibility index (Phi) is 4.13. The van der Waals surface area contributed by atoms with Crippen LogP contribution in [-0.2, 0) is 6.42 Å². The van der Waals surface area contributed by atoms with E-state index in [1.807, 2.05) is 19.1 Å². The van der Waals surface area contributed by atoms with Gasteiger partial charge in [-0.25, -0.2) is 14.4 Å². The lowest BCUT2D eigenvalue weighted by molar-refractivity contribution is 0.628. The van der Waals surface area contributed by atoms with Crippen LogP contribution in [0, 0.1) is 19.7 Å². The van der Waals surface area contributed by atoms with Crippen molar-refractivity contribution in [3.63, 3.8) is 0 Å². The Hall–Kier alpha value is -2.79. The maximum atomic E-state index is 13.5. The first-order valence-electron chi connectivity index (χ1n) is 9.51. The number of para-hydroxylation sites is 1. The lowest BCUT2D eigenvalue weighted by Crippen LogP contribution is -2.25. The van der Waals surface area contributed by atoms with E-state index in [1.54, 1.807) is 11.3 Å². The van der Waals surface area contributed by atoms with Crippen LogP contribution in [0.5, 0.6) is 0 Å². The Morgan fingerprint density at radius 3 is 2.61 bits per heavy atom. The molecule has 5 heteroatoms. The summed E-state index contributed by atoms with van der Waals surface area (Å²) in [5.74, 6) is 1.51. The number of hydrogen-bond acceptors (Lipinski definition) is 4. The molecule has 0 unspecified atom stereocenters. The van der Waals surface area contributed by atoms with Crippen molar-refractivity contribution < 1.29 is 4.39 Å². The maximum absolute atomic E-state index is 13.5. The van der Waals surface area contributed by atoms with Crippen molar-refractivity contribution in [1.29, 1.82) is 0 Å². The first kappa shape index (κ1) is 17.3. The van der Waals surface area contributed by atoms with Crippen molar-refractivity contribution in [3.05, 3.63) is 70.6 Å². The van der Waals surface area contributed by atoms with Crippen LogP contribution in [0.15, 0.2) is 48.5 Å². The summed E-state index contributed by atoms with van der Waals surface area (Å²) in [4.78, 5) is 14.1. The standard InChI is InChI=1S/C23H20FN3S/c1-14-20(17-9-11-18(24)12-10-17)21-22(25-15(2)26-23(21)28-14)27-13-5-7-16-6-3-4-8-19(16)27/h3-4,6,8-12H,5,7,13H2,1-2H3. The van der Waals surface area contributed by atoms with Gasteiger partial charge in [-0.2, -0.15) is 0 Å². The minimum atomic E-state index is -0.224. The number of benzene rings is 2. The van der Waals surface area contributed by atoms with E-state index in [0.29, 0.717) is 0 Å².